The number of carbonyl (C=O) groups is 1. The lowest BCUT2D eigenvalue weighted by Gasteiger charge is -2.38. The number of hydrogen-bond acceptors (Lipinski definition) is 3. The highest BCUT2D eigenvalue weighted by atomic mass is 16.5. The molecule has 4 heteroatoms. The summed E-state index contributed by atoms with van der Waals surface area (Å²) < 4.78 is 12.0. The third kappa shape index (κ3) is 4.26. The highest BCUT2D eigenvalue weighted by Gasteiger charge is 2.35. The van der Waals surface area contributed by atoms with E-state index in [0.29, 0.717) is 6.42 Å². The van der Waals surface area contributed by atoms with Gasteiger partial charge in [-0.3, -0.25) is 4.79 Å². The first kappa shape index (κ1) is 19.3. The molecule has 0 aliphatic carbocycles. The molecule has 1 amide bonds. The van der Waals surface area contributed by atoms with Crippen LogP contribution >= 0.6 is 0 Å². The number of ether oxygens (including phenoxy) is 2. The number of hydrogen-bond donors (Lipinski definition) is 1. The molecule has 0 saturated heterocycles. The molecule has 0 bridgehead atoms. The molecule has 4 nitrogen and oxygen atoms in total. The SMILES string of the molecule is Cc1ccc2c(c1)[C@H](NC(=O)[C@@H](C)Oc1cccc(C)c1C)CC(C)(C)O2. The molecule has 0 saturated carbocycles. The fraction of sp³-hybridized carbons (Fsp3) is 0.435. The van der Waals surface area contributed by atoms with Crippen molar-refractivity contribution in [2.75, 3.05) is 0 Å². The van der Waals surface area contributed by atoms with Gasteiger partial charge in [-0.2, -0.15) is 0 Å². The van der Waals surface area contributed by atoms with Crippen LogP contribution < -0.4 is 14.8 Å². The summed E-state index contributed by atoms with van der Waals surface area (Å²) in [4.78, 5) is 12.8. The van der Waals surface area contributed by atoms with Gasteiger partial charge >= 0.3 is 0 Å². The van der Waals surface area contributed by atoms with Crippen LogP contribution in [0.5, 0.6) is 11.5 Å². The fourth-order valence-corrected chi connectivity index (χ4v) is 3.49. The van der Waals surface area contributed by atoms with Crippen molar-refractivity contribution in [3.8, 4) is 11.5 Å². The Morgan fingerprint density at radius 3 is 2.70 bits per heavy atom. The lowest BCUT2D eigenvalue weighted by molar-refractivity contribution is -0.128. The van der Waals surface area contributed by atoms with Gasteiger partial charge in [-0.05, 0) is 64.8 Å². The van der Waals surface area contributed by atoms with E-state index in [1.807, 2.05) is 65.0 Å². The molecule has 1 heterocycles. The summed E-state index contributed by atoms with van der Waals surface area (Å²) in [6.07, 6.45) is 0.135. The van der Waals surface area contributed by atoms with Gasteiger partial charge in [-0.25, -0.2) is 0 Å². The summed E-state index contributed by atoms with van der Waals surface area (Å²) in [7, 11) is 0. The maximum atomic E-state index is 12.8. The van der Waals surface area contributed by atoms with E-state index in [1.54, 1.807) is 6.92 Å². The zero-order valence-electron chi connectivity index (χ0n) is 17.1. The van der Waals surface area contributed by atoms with E-state index in [9.17, 15) is 4.79 Å². The van der Waals surface area contributed by atoms with Gasteiger partial charge in [0.15, 0.2) is 6.10 Å². The van der Waals surface area contributed by atoms with Crippen molar-refractivity contribution in [2.24, 2.45) is 0 Å². The van der Waals surface area contributed by atoms with Crippen LogP contribution in [0.3, 0.4) is 0 Å². The Balaban J connectivity index is 1.77. The van der Waals surface area contributed by atoms with Crippen molar-refractivity contribution in [2.45, 2.75) is 65.7 Å². The minimum absolute atomic E-state index is 0.0965. The van der Waals surface area contributed by atoms with Crippen LogP contribution in [0.2, 0.25) is 0 Å². The number of aryl methyl sites for hydroxylation is 2. The first-order valence-electron chi connectivity index (χ1n) is 9.49. The molecule has 0 fully saturated rings. The number of rotatable bonds is 4. The second-order valence-electron chi connectivity index (χ2n) is 8.13. The molecule has 0 aromatic heterocycles. The topological polar surface area (TPSA) is 47.6 Å². The number of nitrogens with one attached hydrogen (secondary N) is 1. The van der Waals surface area contributed by atoms with Gasteiger partial charge < -0.3 is 14.8 Å². The maximum absolute atomic E-state index is 12.8. The van der Waals surface area contributed by atoms with Gasteiger partial charge in [0, 0.05) is 12.0 Å². The summed E-state index contributed by atoms with van der Waals surface area (Å²) >= 11 is 0. The lowest BCUT2D eigenvalue weighted by Crippen LogP contribution is -2.44. The van der Waals surface area contributed by atoms with Crippen LogP contribution in [-0.4, -0.2) is 17.6 Å². The van der Waals surface area contributed by atoms with Crippen LogP contribution in [-0.2, 0) is 4.79 Å². The largest absolute Gasteiger partial charge is 0.487 e. The van der Waals surface area contributed by atoms with Crippen molar-refractivity contribution in [3.63, 3.8) is 0 Å². The quantitative estimate of drug-likeness (QED) is 0.844. The molecule has 2 atom stereocenters. The van der Waals surface area contributed by atoms with Crippen molar-refractivity contribution >= 4 is 5.91 Å². The molecule has 3 rings (SSSR count). The van der Waals surface area contributed by atoms with Crippen LogP contribution in [0.4, 0.5) is 0 Å². The third-order valence-corrected chi connectivity index (χ3v) is 5.17. The summed E-state index contributed by atoms with van der Waals surface area (Å²) in [5, 5.41) is 3.17. The molecule has 27 heavy (non-hydrogen) atoms. The Morgan fingerprint density at radius 2 is 1.96 bits per heavy atom. The van der Waals surface area contributed by atoms with Gasteiger partial charge in [0.1, 0.15) is 17.1 Å². The maximum Gasteiger partial charge on any atom is 0.261 e. The second kappa shape index (κ2) is 7.26. The van der Waals surface area contributed by atoms with E-state index in [-0.39, 0.29) is 17.6 Å². The molecule has 0 radical (unpaired) electrons. The van der Waals surface area contributed by atoms with E-state index in [2.05, 4.69) is 11.4 Å². The molecule has 2 aromatic carbocycles. The average Bonchev–Trinajstić information content (AvgIpc) is 2.59. The molecular weight excluding hydrogens is 338 g/mol. The standard InChI is InChI=1S/C23H29NO3/c1-14-10-11-21-18(12-14)19(13-23(5,6)27-21)24-22(25)17(4)26-20-9-7-8-15(2)16(20)3/h7-12,17,19H,13H2,1-6H3,(H,24,25)/t17-,19-/m1/s1. The van der Waals surface area contributed by atoms with Crippen LogP contribution in [0.15, 0.2) is 36.4 Å². The highest BCUT2D eigenvalue weighted by Crippen LogP contribution is 2.40. The van der Waals surface area contributed by atoms with Crippen LogP contribution in [0.25, 0.3) is 0 Å². The predicted octanol–water partition coefficient (Wildman–Crippen LogP) is 4.80. The first-order chi connectivity index (χ1) is 12.7. The Labute approximate surface area is 161 Å². The number of benzene rings is 2. The lowest BCUT2D eigenvalue weighted by atomic mass is 9.89. The smallest absolute Gasteiger partial charge is 0.261 e. The molecule has 1 aliphatic rings. The number of amides is 1. The van der Waals surface area contributed by atoms with Gasteiger partial charge in [-0.15, -0.1) is 0 Å². The Bertz CT molecular complexity index is 857. The van der Waals surface area contributed by atoms with E-state index in [4.69, 9.17) is 9.47 Å². The van der Waals surface area contributed by atoms with Gasteiger partial charge in [-0.1, -0.05) is 29.8 Å². The second-order valence-corrected chi connectivity index (χ2v) is 8.13. The van der Waals surface area contributed by atoms with Gasteiger partial charge in [0.05, 0.1) is 6.04 Å². The molecule has 0 unspecified atom stereocenters. The average molecular weight is 367 g/mol. The fourth-order valence-electron chi connectivity index (χ4n) is 3.49. The number of fused-ring (bicyclic) bond motifs is 1. The molecule has 0 spiro atoms. The van der Waals surface area contributed by atoms with Crippen LogP contribution in [0.1, 0.15) is 55.5 Å². The molecule has 2 aromatic rings. The third-order valence-electron chi connectivity index (χ3n) is 5.17. The van der Waals surface area contributed by atoms with E-state index in [1.165, 1.54) is 0 Å². The summed E-state index contributed by atoms with van der Waals surface area (Å²) in [6, 6.07) is 11.9. The van der Waals surface area contributed by atoms with E-state index >= 15 is 0 Å². The van der Waals surface area contributed by atoms with Crippen LogP contribution in [0, 0.1) is 20.8 Å². The Kier molecular flexibility index (Phi) is 5.18. The number of carbonyl (C=O) groups excluding carboxylic acids is 1. The van der Waals surface area contributed by atoms with E-state index < -0.39 is 6.10 Å². The van der Waals surface area contributed by atoms with Crippen molar-refractivity contribution in [1.82, 2.24) is 5.32 Å². The normalized spacial score (nSPS) is 18.8. The summed E-state index contributed by atoms with van der Waals surface area (Å²) in [5.74, 6) is 1.47. The Morgan fingerprint density at radius 1 is 1.22 bits per heavy atom. The van der Waals surface area contributed by atoms with Gasteiger partial charge in [0.2, 0.25) is 0 Å². The van der Waals surface area contributed by atoms with E-state index in [0.717, 1.165) is 33.8 Å². The highest BCUT2D eigenvalue weighted by molar-refractivity contribution is 5.81. The van der Waals surface area contributed by atoms with Gasteiger partial charge in [0.25, 0.3) is 5.91 Å². The first-order valence-corrected chi connectivity index (χ1v) is 9.49. The molecule has 1 aliphatic heterocycles. The monoisotopic (exact) mass is 367 g/mol. The zero-order chi connectivity index (χ0) is 19.8. The minimum Gasteiger partial charge on any atom is -0.487 e. The van der Waals surface area contributed by atoms with Crippen molar-refractivity contribution in [3.05, 3.63) is 58.7 Å². The Hall–Kier alpha value is -2.49. The predicted molar refractivity (Wildman–Crippen MR) is 107 cm³/mol. The van der Waals surface area contributed by atoms with Crippen molar-refractivity contribution in [1.29, 1.82) is 0 Å². The van der Waals surface area contributed by atoms with Crippen molar-refractivity contribution < 1.29 is 14.3 Å². The zero-order valence-corrected chi connectivity index (χ0v) is 17.1. The molecule has 1 N–H and O–H groups in total. The molecule has 144 valence electrons. The summed E-state index contributed by atoms with van der Waals surface area (Å²) in [5.41, 5.74) is 4.05. The summed E-state index contributed by atoms with van der Waals surface area (Å²) in [6.45, 7) is 12.0. The molecular formula is C23H29NO3. The minimum atomic E-state index is -0.579.